The maximum absolute atomic E-state index is 12.3. The van der Waals surface area contributed by atoms with E-state index in [0.717, 1.165) is 4.88 Å². The van der Waals surface area contributed by atoms with Crippen LogP contribution in [-0.4, -0.2) is 26.7 Å². The predicted molar refractivity (Wildman–Crippen MR) is 93.3 cm³/mol. The molecule has 0 radical (unpaired) electrons. The Balaban J connectivity index is 1.57. The Morgan fingerprint density at radius 1 is 1.25 bits per heavy atom. The Kier molecular flexibility index (Phi) is 3.69. The molecule has 4 rings (SSSR count). The lowest BCUT2D eigenvalue weighted by atomic mass is 9.99. The molecule has 0 saturated carbocycles. The Morgan fingerprint density at radius 3 is 2.83 bits per heavy atom. The fourth-order valence-corrected chi connectivity index (χ4v) is 4.06. The lowest BCUT2D eigenvalue weighted by Crippen LogP contribution is -2.26. The van der Waals surface area contributed by atoms with E-state index in [9.17, 15) is 9.59 Å². The van der Waals surface area contributed by atoms with Gasteiger partial charge in [-0.3, -0.25) is 14.0 Å². The molecule has 1 aliphatic rings. The van der Waals surface area contributed by atoms with E-state index >= 15 is 0 Å². The van der Waals surface area contributed by atoms with Crippen molar-refractivity contribution in [2.45, 2.75) is 25.8 Å². The molecule has 1 aromatic carbocycles. The topological polar surface area (TPSA) is 54.7 Å². The van der Waals surface area contributed by atoms with Gasteiger partial charge in [0, 0.05) is 36.0 Å². The number of likely N-dealkylation sites (tertiary alicyclic amines) is 1. The summed E-state index contributed by atoms with van der Waals surface area (Å²) in [6.07, 6.45) is 2.31. The van der Waals surface area contributed by atoms with Crippen LogP contribution in [-0.2, 0) is 11.3 Å². The Bertz CT molecular complexity index is 961. The molecule has 0 spiro atoms. The molecule has 0 aliphatic carbocycles. The highest BCUT2D eigenvalue weighted by molar-refractivity contribution is 7.16. The van der Waals surface area contributed by atoms with Crippen molar-refractivity contribution >= 4 is 22.2 Å². The predicted octanol–water partition coefficient (Wildman–Crippen LogP) is 2.58. The monoisotopic (exact) mass is 339 g/mol. The zero-order chi connectivity index (χ0) is 16.7. The first kappa shape index (κ1) is 15.1. The minimum atomic E-state index is -0.0920. The molecule has 1 aliphatic heterocycles. The van der Waals surface area contributed by atoms with Crippen molar-refractivity contribution in [2.75, 3.05) is 6.54 Å². The van der Waals surface area contributed by atoms with E-state index in [1.165, 1.54) is 23.0 Å². The van der Waals surface area contributed by atoms with Gasteiger partial charge in [0.1, 0.15) is 0 Å². The first-order valence-electron chi connectivity index (χ1n) is 7.91. The van der Waals surface area contributed by atoms with Crippen LogP contribution in [0.5, 0.6) is 0 Å². The minimum Gasteiger partial charge on any atom is -0.336 e. The van der Waals surface area contributed by atoms with Crippen LogP contribution in [0.1, 0.15) is 28.5 Å². The number of aromatic nitrogens is 2. The Labute approximate surface area is 143 Å². The Hall–Kier alpha value is -2.47. The van der Waals surface area contributed by atoms with Crippen LogP contribution in [0.3, 0.4) is 0 Å². The van der Waals surface area contributed by atoms with Crippen molar-refractivity contribution in [3.05, 3.63) is 69.1 Å². The van der Waals surface area contributed by atoms with Gasteiger partial charge in [0.15, 0.2) is 4.96 Å². The van der Waals surface area contributed by atoms with Crippen molar-refractivity contribution in [2.24, 2.45) is 0 Å². The molecule has 2 aromatic heterocycles. The van der Waals surface area contributed by atoms with Crippen molar-refractivity contribution in [1.29, 1.82) is 0 Å². The third-order valence-corrected chi connectivity index (χ3v) is 5.27. The number of thiazole rings is 1. The highest BCUT2D eigenvalue weighted by Crippen LogP contribution is 2.28. The maximum atomic E-state index is 12.3. The summed E-state index contributed by atoms with van der Waals surface area (Å²) < 4.78 is 1.56. The average Bonchev–Trinajstić information content (AvgIpc) is 3.11. The van der Waals surface area contributed by atoms with Gasteiger partial charge in [-0.15, -0.1) is 11.3 Å². The van der Waals surface area contributed by atoms with Crippen LogP contribution in [0.4, 0.5) is 0 Å². The zero-order valence-corrected chi connectivity index (χ0v) is 14.1. The molecule has 0 N–H and O–H groups in total. The van der Waals surface area contributed by atoms with Gasteiger partial charge in [-0.05, 0) is 12.5 Å². The number of nitrogens with zero attached hydrogens (tertiary/aromatic N) is 3. The third kappa shape index (κ3) is 2.73. The SMILES string of the molecule is Cc1cn2c(=O)cc(CN3C[C@H](c4ccccc4)CC3=O)nc2s1. The van der Waals surface area contributed by atoms with E-state index in [-0.39, 0.29) is 17.4 Å². The summed E-state index contributed by atoms with van der Waals surface area (Å²) in [7, 11) is 0. The quantitative estimate of drug-likeness (QED) is 0.737. The second kappa shape index (κ2) is 5.87. The van der Waals surface area contributed by atoms with Gasteiger partial charge in [-0.2, -0.15) is 0 Å². The van der Waals surface area contributed by atoms with Gasteiger partial charge in [0.2, 0.25) is 5.91 Å². The smallest absolute Gasteiger partial charge is 0.258 e. The van der Waals surface area contributed by atoms with Gasteiger partial charge >= 0.3 is 0 Å². The molecule has 3 heterocycles. The molecule has 1 atom stereocenters. The number of benzene rings is 1. The summed E-state index contributed by atoms with van der Waals surface area (Å²) in [4.78, 5) is 32.6. The van der Waals surface area contributed by atoms with Gasteiger partial charge in [-0.25, -0.2) is 4.98 Å². The molecule has 1 amide bonds. The summed E-state index contributed by atoms with van der Waals surface area (Å²) in [6.45, 7) is 3.02. The zero-order valence-electron chi connectivity index (χ0n) is 13.3. The number of hydrogen-bond acceptors (Lipinski definition) is 4. The fraction of sp³-hybridized carbons (Fsp3) is 0.278. The molecule has 1 saturated heterocycles. The van der Waals surface area contributed by atoms with Crippen LogP contribution >= 0.6 is 11.3 Å². The minimum absolute atomic E-state index is 0.0920. The third-order valence-electron chi connectivity index (χ3n) is 4.37. The second-order valence-electron chi connectivity index (χ2n) is 6.17. The summed E-state index contributed by atoms with van der Waals surface area (Å²) in [5.41, 5.74) is 1.75. The molecule has 24 heavy (non-hydrogen) atoms. The van der Waals surface area contributed by atoms with Crippen LogP contribution in [0.25, 0.3) is 4.96 Å². The number of carbonyl (C=O) groups is 1. The number of aryl methyl sites for hydroxylation is 1. The fourth-order valence-electron chi connectivity index (χ4n) is 3.21. The van der Waals surface area contributed by atoms with E-state index in [2.05, 4.69) is 17.1 Å². The number of rotatable bonds is 3. The maximum Gasteiger partial charge on any atom is 0.258 e. The lowest BCUT2D eigenvalue weighted by Gasteiger charge is -2.16. The molecule has 1 fully saturated rings. The molecule has 3 aromatic rings. The van der Waals surface area contributed by atoms with Crippen molar-refractivity contribution in [1.82, 2.24) is 14.3 Å². The van der Waals surface area contributed by atoms with Crippen molar-refractivity contribution in [3.63, 3.8) is 0 Å². The molecule has 0 bridgehead atoms. The molecular weight excluding hydrogens is 322 g/mol. The van der Waals surface area contributed by atoms with Gasteiger partial charge < -0.3 is 4.90 Å². The number of fused-ring (bicyclic) bond motifs is 1. The summed E-state index contributed by atoms with van der Waals surface area (Å²) in [5.74, 6) is 0.334. The van der Waals surface area contributed by atoms with Gasteiger partial charge in [0.25, 0.3) is 5.56 Å². The molecular formula is C18H17N3O2S. The highest BCUT2D eigenvalue weighted by atomic mass is 32.1. The first-order valence-corrected chi connectivity index (χ1v) is 8.73. The van der Waals surface area contributed by atoms with Gasteiger partial charge in [-0.1, -0.05) is 30.3 Å². The van der Waals surface area contributed by atoms with E-state index in [1.54, 1.807) is 15.5 Å². The normalized spacial score (nSPS) is 17.8. The van der Waals surface area contributed by atoms with E-state index in [1.807, 2.05) is 25.1 Å². The van der Waals surface area contributed by atoms with Crippen molar-refractivity contribution < 1.29 is 4.79 Å². The van der Waals surface area contributed by atoms with E-state index in [0.29, 0.717) is 30.2 Å². The summed E-state index contributed by atoms with van der Waals surface area (Å²) in [6, 6.07) is 11.6. The molecule has 6 heteroatoms. The summed E-state index contributed by atoms with van der Waals surface area (Å²) in [5, 5.41) is 0. The van der Waals surface area contributed by atoms with Crippen LogP contribution in [0.15, 0.2) is 47.4 Å². The Morgan fingerprint density at radius 2 is 2.04 bits per heavy atom. The standard InChI is InChI=1S/C18H17N3O2S/c1-12-9-21-17(23)8-15(19-18(21)24-12)11-20-10-14(7-16(20)22)13-5-3-2-4-6-13/h2-6,8-9,14H,7,10-11H2,1H3/t14-/m1/s1. The molecule has 0 unspecified atom stereocenters. The van der Waals surface area contributed by atoms with E-state index in [4.69, 9.17) is 0 Å². The number of amides is 1. The largest absolute Gasteiger partial charge is 0.336 e. The van der Waals surface area contributed by atoms with Crippen LogP contribution in [0, 0.1) is 6.92 Å². The molecule has 5 nitrogen and oxygen atoms in total. The number of carbonyl (C=O) groups excluding carboxylic acids is 1. The average molecular weight is 339 g/mol. The summed E-state index contributed by atoms with van der Waals surface area (Å²) >= 11 is 1.48. The first-order chi connectivity index (χ1) is 11.6. The van der Waals surface area contributed by atoms with Crippen LogP contribution in [0.2, 0.25) is 0 Å². The molecule has 122 valence electrons. The second-order valence-corrected chi connectivity index (χ2v) is 7.38. The lowest BCUT2D eigenvalue weighted by molar-refractivity contribution is -0.128. The number of hydrogen-bond donors (Lipinski definition) is 0. The van der Waals surface area contributed by atoms with Gasteiger partial charge in [0.05, 0.1) is 12.2 Å². The van der Waals surface area contributed by atoms with Crippen LogP contribution < -0.4 is 5.56 Å². The highest BCUT2D eigenvalue weighted by Gasteiger charge is 2.30. The van der Waals surface area contributed by atoms with E-state index < -0.39 is 0 Å². The van der Waals surface area contributed by atoms with Crippen molar-refractivity contribution in [3.8, 4) is 0 Å².